The summed E-state index contributed by atoms with van der Waals surface area (Å²) in [6.45, 7) is 8.12. The van der Waals surface area contributed by atoms with Crippen LogP contribution in [0.3, 0.4) is 0 Å². The highest BCUT2D eigenvalue weighted by molar-refractivity contribution is 8.00. The maximum absolute atomic E-state index is 12.7. The highest BCUT2D eigenvalue weighted by Crippen LogP contribution is 2.25. The third kappa shape index (κ3) is 5.50. The van der Waals surface area contributed by atoms with Crippen molar-refractivity contribution in [2.24, 2.45) is 0 Å². The van der Waals surface area contributed by atoms with Crippen LogP contribution in [0.1, 0.15) is 18.1 Å². The Kier molecular flexibility index (Phi) is 6.80. The van der Waals surface area contributed by atoms with Gasteiger partial charge in [0.05, 0.1) is 18.5 Å². The van der Waals surface area contributed by atoms with Crippen LogP contribution in [0.4, 0.5) is 5.69 Å². The van der Waals surface area contributed by atoms with E-state index in [0.29, 0.717) is 6.54 Å². The predicted molar refractivity (Wildman–Crippen MR) is 112 cm³/mol. The molecule has 144 valence electrons. The largest absolute Gasteiger partial charge is 0.378 e. The average Bonchev–Trinajstić information content (AvgIpc) is 2.70. The molecule has 0 saturated carbocycles. The fourth-order valence-corrected chi connectivity index (χ4v) is 4.15. The molecule has 1 fully saturated rings. The summed E-state index contributed by atoms with van der Waals surface area (Å²) in [5.74, 6) is 0.151. The number of hydrogen-bond acceptors (Lipinski definition) is 4. The van der Waals surface area contributed by atoms with E-state index in [1.165, 1.54) is 11.3 Å². The van der Waals surface area contributed by atoms with E-state index in [-0.39, 0.29) is 11.2 Å². The zero-order valence-corrected chi connectivity index (χ0v) is 17.2. The van der Waals surface area contributed by atoms with Crippen LogP contribution in [0.2, 0.25) is 0 Å². The van der Waals surface area contributed by atoms with Crippen LogP contribution in [0, 0.1) is 6.92 Å². The van der Waals surface area contributed by atoms with Gasteiger partial charge in [-0.3, -0.25) is 4.79 Å². The number of morpholine rings is 1. The Morgan fingerprint density at radius 3 is 2.37 bits per heavy atom. The zero-order valence-electron chi connectivity index (χ0n) is 16.4. The van der Waals surface area contributed by atoms with E-state index in [1.54, 1.807) is 11.8 Å². The number of amides is 1. The van der Waals surface area contributed by atoms with Crippen molar-refractivity contribution in [1.82, 2.24) is 4.90 Å². The van der Waals surface area contributed by atoms with E-state index >= 15 is 0 Å². The average molecular weight is 385 g/mol. The van der Waals surface area contributed by atoms with Crippen molar-refractivity contribution in [3.63, 3.8) is 0 Å². The van der Waals surface area contributed by atoms with E-state index in [2.05, 4.69) is 60.4 Å². The number of ether oxygens (including phenoxy) is 1. The third-order valence-corrected chi connectivity index (χ3v) is 5.89. The van der Waals surface area contributed by atoms with Crippen molar-refractivity contribution in [3.8, 4) is 0 Å². The minimum Gasteiger partial charge on any atom is -0.378 e. The van der Waals surface area contributed by atoms with Gasteiger partial charge < -0.3 is 14.5 Å². The van der Waals surface area contributed by atoms with Crippen LogP contribution in [0.15, 0.2) is 53.4 Å². The first-order valence-corrected chi connectivity index (χ1v) is 10.3. The molecule has 5 heteroatoms. The highest BCUT2D eigenvalue weighted by atomic mass is 32.2. The number of rotatable bonds is 6. The molecule has 0 bridgehead atoms. The Balaban J connectivity index is 1.54. The second-order valence-electron chi connectivity index (χ2n) is 7.03. The van der Waals surface area contributed by atoms with Gasteiger partial charge in [-0.15, -0.1) is 11.8 Å². The van der Waals surface area contributed by atoms with Crippen molar-refractivity contribution < 1.29 is 9.53 Å². The van der Waals surface area contributed by atoms with Gasteiger partial charge in [0.2, 0.25) is 5.91 Å². The summed E-state index contributed by atoms with van der Waals surface area (Å²) < 4.78 is 5.41. The van der Waals surface area contributed by atoms with Gasteiger partial charge in [-0.05, 0) is 43.7 Å². The van der Waals surface area contributed by atoms with Crippen LogP contribution in [0.5, 0.6) is 0 Å². The zero-order chi connectivity index (χ0) is 19.2. The molecule has 3 rings (SSSR count). The first-order chi connectivity index (χ1) is 13.0. The Hall–Kier alpha value is -1.98. The van der Waals surface area contributed by atoms with Gasteiger partial charge in [-0.1, -0.05) is 29.8 Å². The highest BCUT2D eigenvalue weighted by Gasteiger charge is 2.19. The number of benzene rings is 2. The summed E-state index contributed by atoms with van der Waals surface area (Å²) in [6.07, 6.45) is 0. The van der Waals surface area contributed by atoms with Gasteiger partial charge in [-0.25, -0.2) is 0 Å². The van der Waals surface area contributed by atoms with Crippen LogP contribution in [0.25, 0.3) is 0 Å². The molecule has 0 spiro atoms. The Morgan fingerprint density at radius 1 is 1.11 bits per heavy atom. The number of thioether (sulfide) groups is 1. The lowest BCUT2D eigenvalue weighted by atomic mass is 10.1. The molecule has 1 atom stereocenters. The second kappa shape index (κ2) is 9.29. The summed E-state index contributed by atoms with van der Waals surface area (Å²) in [5.41, 5.74) is 3.60. The number of carbonyl (C=O) groups is 1. The maximum atomic E-state index is 12.7. The van der Waals surface area contributed by atoms with Crippen LogP contribution < -0.4 is 4.90 Å². The number of carbonyl (C=O) groups excluding carboxylic acids is 1. The molecule has 0 aromatic heterocycles. The van der Waals surface area contributed by atoms with Gasteiger partial charge in [-0.2, -0.15) is 0 Å². The van der Waals surface area contributed by atoms with E-state index in [9.17, 15) is 4.79 Å². The van der Waals surface area contributed by atoms with Crippen molar-refractivity contribution in [2.45, 2.75) is 30.5 Å². The molecular formula is C22H28N2O2S. The smallest absolute Gasteiger partial charge is 0.235 e. The standard InChI is InChI=1S/C22H28N2O2S/c1-17-4-10-21(11-5-17)27-18(2)22(25)23(3)16-19-6-8-20(9-7-19)24-12-14-26-15-13-24/h4-11,18H,12-16H2,1-3H3. The summed E-state index contributed by atoms with van der Waals surface area (Å²) in [5, 5.41) is -0.106. The van der Waals surface area contributed by atoms with Crippen LogP contribution >= 0.6 is 11.8 Å². The van der Waals surface area contributed by atoms with E-state index in [0.717, 1.165) is 36.8 Å². The molecule has 1 saturated heterocycles. The van der Waals surface area contributed by atoms with Gasteiger partial charge in [0.1, 0.15) is 0 Å². The minimum atomic E-state index is -0.106. The van der Waals surface area contributed by atoms with E-state index in [1.807, 2.05) is 18.9 Å². The van der Waals surface area contributed by atoms with Gasteiger partial charge in [0.25, 0.3) is 0 Å². The molecule has 1 aliphatic heterocycles. The predicted octanol–water partition coefficient (Wildman–Crippen LogP) is 3.97. The molecular weight excluding hydrogens is 356 g/mol. The molecule has 2 aromatic rings. The number of aryl methyl sites for hydroxylation is 1. The summed E-state index contributed by atoms with van der Waals surface area (Å²) in [6, 6.07) is 16.8. The molecule has 1 heterocycles. The first kappa shape index (κ1) is 19.8. The topological polar surface area (TPSA) is 32.8 Å². The monoisotopic (exact) mass is 384 g/mol. The van der Waals surface area contributed by atoms with Gasteiger partial charge in [0.15, 0.2) is 0 Å². The molecule has 4 nitrogen and oxygen atoms in total. The van der Waals surface area contributed by atoms with Crippen molar-refractivity contribution in [2.75, 3.05) is 38.3 Å². The lowest BCUT2D eigenvalue weighted by Gasteiger charge is -2.29. The SMILES string of the molecule is Cc1ccc(SC(C)C(=O)N(C)Cc2ccc(N3CCOCC3)cc2)cc1. The quantitative estimate of drug-likeness (QED) is 0.706. The maximum Gasteiger partial charge on any atom is 0.235 e. The molecule has 1 unspecified atom stereocenters. The first-order valence-electron chi connectivity index (χ1n) is 9.43. The third-order valence-electron chi connectivity index (χ3n) is 4.79. The second-order valence-corrected chi connectivity index (χ2v) is 8.45. The lowest BCUT2D eigenvalue weighted by molar-refractivity contribution is -0.129. The molecule has 0 radical (unpaired) electrons. The summed E-state index contributed by atoms with van der Waals surface area (Å²) in [7, 11) is 1.88. The minimum absolute atomic E-state index is 0.106. The number of anilines is 1. The molecule has 0 aliphatic carbocycles. The molecule has 2 aromatic carbocycles. The van der Waals surface area contributed by atoms with Crippen molar-refractivity contribution >= 4 is 23.4 Å². The number of nitrogens with zero attached hydrogens (tertiary/aromatic N) is 2. The van der Waals surface area contributed by atoms with Gasteiger partial charge >= 0.3 is 0 Å². The Morgan fingerprint density at radius 2 is 1.74 bits per heavy atom. The van der Waals surface area contributed by atoms with Crippen molar-refractivity contribution in [1.29, 1.82) is 0 Å². The summed E-state index contributed by atoms with van der Waals surface area (Å²) >= 11 is 1.61. The molecule has 1 amide bonds. The van der Waals surface area contributed by atoms with Gasteiger partial charge in [0, 0.05) is 37.3 Å². The van der Waals surface area contributed by atoms with E-state index in [4.69, 9.17) is 4.74 Å². The van der Waals surface area contributed by atoms with Crippen LogP contribution in [-0.2, 0) is 16.1 Å². The molecule has 0 N–H and O–H groups in total. The molecule has 1 aliphatic rings. The molecule has 27 heavy (non-hydrogen) atoms. The Labute approximate surface area is 166 Å². The van der Waals surface area contributed by atoms with Crippen molar-refractivity contribution in [3.05, 3.63) is 59.7 Å². The number of hydrogen-bond donors (Lipinski definition) is 0. The van der Waals surface area contributed by atoms with E-state index < -0.39 is 0 Å². The van der Waals surface area contributed by atoms with Crippen LogP contribution in [-0.4, -0.2) is 49.4 Å². The normalized spacial score (nSPS) is 15.4. The fraction of sp³-hybridized carbons (Fsp3) is 0.409. The Bertz CT molecular complexity index is 740. The fourth-order valence-electron chi connectivity index (χ4n) is 3.17. The lowest BCUT2D eigenvalue weighted by Crippen LogP contribution is -2.36. The summed E-state index contributed by atoms with van der Waals surface area (Å²) in [4.78, 5) is 18.0.